The Morgan fingerprint density at radius 1 is 1.12 bits per heavy atom. The molecule has 0 rings (SSSR count). The molecule has 0 heterocycles. The molecule has 0 aliphatic heterocycles. The highest BCUT2D eigenvalue weighted by atomic mass is 35.5. The normalized spacial score (nSPS) is 12.8. The number of rotatable bonds is 5. The Labute approximate surface area is 102 Å². The molecule has 17 heavy (non-hydrogen) atoms. The number of hydrogen-bond acceptors (Lipinski definition) is 6. The van der Waals surface area contributed by atoms with Crippen LogP contribution >= 0.6 is 12.4 Å². The second kappa shape index (κ2) is 6.81. The number of ether oxygens (including phenoxy) is 1. The molecule has 0 bridgehead atoms. The van der Waals surface area contributed by atoms with Crippen LogP contribution in [0.2, 0.25) is 0 Å². The smallest absolute Gasteiger partial charge is 0.336 e. The Bertz CT molecular complexity index is 338. The van der Waals surface area contributed by atoms with Gasteiger partial charge in [0.2, 0.25) is 0 Å². The van der Waals surface area contributed by atoms with E-state index in [1.807, 2.05) is 0 Å². The van der Waals surface area contributed by atoms with E-state index in [1.165, 1.54) is 0 Å². The van der Waals surface area contributed by atoms with Crippen LogP contribution in [0.3, 0.4) is 0 Å². The van der Waals surface area contributed by atoms with Crippen LogP contribution in [-0.2, 0) is 23.9 Å². The zero-order valence-corrected chi connectivity index (χ0v) is 9.52. The molecule has 0 amide bonds. The van der Waals surface area contributed by atoms with Crippen LogP contribution in [-0.4, -0.2) is 44.8 Å². The second-order valence-electron chi connectivity index (χ2n) is 3.05. The third-order valence-electron chi connectivity index (χ3n) is 1.54. The van der Waals surface area contributed by atoms with Gasteiger partial charge in [-0.2, -0.15) is 0 Å². The van der Waals surface area contributed by atoms with Crippen molar-refractivity contribution in [2.75, 3.05) is 0 Å². The van der Waals surface area contributed by atoms with Gasteiger partial charge in [-0.1, -0.05) is 0 Å². The number of hydrogen-bond donors (Lipinski definition) is 3. The highest BCUT2D eigenvalue weighted by Crippen LogP contribution is 2.16. The van der Waals surface area contributed by atoms with E-state index in [2.05, 4.69) is 4.74 Å². The summed E-state index contributed by atoms with van der Waals surface area (Å²) in [6, 6.07) is 0. The fourth-order valence-corrected chi connectivity index (χ4v) is 0.899. The molecule has 98 valence electrons. The monoisotopic (exact) mass is 270 g/mol. The van der Waals surface area contributed by atoms with Gasteiger partial charge in [0, 0.05) is 6.92 Å². The summed E-state index contributed by atoms with van der Waals surface area (Å²) in [7, 11) is 0. The summed E-state index contributed by atoms with van der Waals surface area (Å²) < 4.78 is 3.98. The van der Waals surface area contributed by atoms with Crippen molar-refractivity contribution in [2.24, 2.45) is 0 Å². The quantitative estimate of drug-likeness (QED) is 0.435. The third-order valence-corrected chi connectivity index (χ3v) is 1.54. The largest absolute Gasteiger partial charge is 0.481 e. The number of aliphatic carboxylic acids is 2. The standard InChI is InChI=1S/C8H10O8.ClH/c1-4(9)16-6(12)3-8(15,7(13)14)2-5(10)11;/h15H,2-3H2,1H3,(H,10,11)(H,13,14);1H. The van der Waals surface area contributed by atoms with E-state index in [9.17, 15) is 24.3 Å². The molecule has 0 aromatic rings. The van der Waals surface area contributed by atoms with E-state index >= 15 is 0 Å². The number of carbonyl (C=O) groups excluding carboxylic acids is 2. The highest BCUT2D eigenvalue weighted by Gasteiger charge is 2.41. The lowest BCUT2D eigenvalue weighted by Gasteiger charge is -2.19. The van der Waals surface area contributed by atoms with E-state index in [0.717, 1.165) is 6.92 Å². The highest BCUT2D eigenvalue weighted by molar-refractivity contribution is 5.91. The van der Waals surface area contributed by atoms with Gasteiger partial charge in [-0.15, -0.1) is 12.4 Å². The molecule has 0 fully saturated rings. The van der Waals surface area contributed by atoms with Gasteiger partial charge < -0.3 is 20.1 Å². The number of carbonyl (C=O) groups is 4. The van der Waals surface area contributed by atoms with Crippen molar-refractivity contribution in [2.45, 2.75) is 25.4 Å². The van der Waals surface area contributed by atoms with Crippen molar-refractivity contribution in [1.29, 1.82) is 0 Å². The van der Waals surface area contributed by atoms with E-state index in [4.69, 9.17) is 10.2 Å². The predicted octanol–water partition coefficient (Wildman–Crippen LogP) is -0.822. The first kappa shape index (κ1) is 17.7. The molecule has 0 saturated carbocycles. The Kier molecular flexibility index (Phi) is 7.10. The minimum Gasteiger partial charge on any atom is -0.481 e. The van der Waals surface area contributed by atoms with Crippen LogP contribution in [0.5, 0.6) is 0 Å². The first-order valence-corrected chi connectivity index (χ1v) is 4.06. The van der Waals surface area contributed by atoms with Crippen molar-refractivity contribution >= 4 is 36.3 Å². The SMILES string of the molecule is CC(=O)OC(=O)CC(O)(CC(=O)O)C(=O)O.Cl. The lowest BCUT2D eigenvalue weighted by Crippen LogP contribution is -2.43. The van der Waals surface area contributed by atoms with Crippen molar-refractivity contribution in [3.8, 4) is 0 Å². The number of halogens is 1. The Hall–Kier alpha value is -1.67. The third kappa shape index (κ3) is 6.48. The van der Waals surface area contributed by atoms with E-state index in [-0.39, 0.29) is 12.4 Å². The maximum absolute atomic E-state index is 10.9. The molecule has 8 nitrogen and oxygen atoms in total. The fourth-order valence-electron chi connectivity index (χ4n) is 0.899. The zero-order chi connectivity index (χ0) is 12.9. The van der Waals surface area contributed by atoms with E-state index in [0.29, 0.717) is 0 Å². The van der Waals surface area contributed by atoms with Crippen LogP contribution in [0.4, 0.5) is 0 Å². The lowest BCUT2D eigenvalue weighted by molar-refractivity contribution is -0.174. The number of aliphatic hydroxyl groups is 1. The summed E-state index contributed by atoms with van der Waals surface area (Å²) in [6.07, 6.45) is -2.29. The summed E-state index contributed by atoms with van der Waals surface area (Å²) in [5.41, 5.74) is -2.78. The van der Waals surface area contributed by atoms with Crippen molar-refractivity contribution in [3.63, 3.8) is 0 Å². The predicted molar refractivity (Wildman–Crippen MR) is 53.5 cm³/mol. The summed E-state index contributed by atoms with van der Waals surface area (Å²) in [6.45, 7) is 0.912. The molecule has 0 radical (unpaired) electrons. The first-order valence-electron chi connectivity index (χ1n) is 4.06. The van der Waals surface area contributed by atoms with Crippen molar-refractivity contribution < 1.29 is 39.2 Å². The van der Waals surface area contributed by atoms with Gasteiger partial charge in [-0.25, -0.2) is 4.79 Å². The van der Waals surface area contributed by atoms with Crippen molar-refractivity contribution in [3.05, 3.63) is 0 Å². The summed E-state index contributed by atoms with van der Waals surface area (Å²) in [5.74, 6) is -5.76. The first-order chi connectivity index (χ1) is 7.17. The molecule has 0 aromatic heterocycles. The molecule has 0 aromatic carbocycles. The van der Waals surface area contributed by atoms with Crippen LogP contribution in [0.1, 0.15) is 19.8 Å². The maximum Gasteiger partial charge on any atom is 0.336 e. The number of carboxylic acids is 2. The molecule has 9 heteroatoms. The van der Waals surface area contributed by atoms with Gasteiger partial charge in [-0.3, -0.25) is 14.4 Å². The molecule has 0 aliphatic rings. The number of esters is 2. The maximum atomic E-state index is 10.9. The Morgan fingerprint density at radius 2 is 1.59 bits per heavy atom. The van der Waals surface area contributed by atoms with E-state index in [1.54, 1.807) is 0 Å². The van der Waals surface area contributed by atoms with Crippen LogP contribution in [0.25, 0.3) is 0 Å². The van der Waals surface area contributed by atoms with Gasteiger partial charge >= 0.3 is 23.9 Å². The van der Waals surface area contributed by atoms with Crippen LogP contribution in [0, 0.1) is 0 Å². The summed E-state index contributed by atoms with van der Waals surface area (Å²) in [5, 5.41) is 26.3. The Morgan fingerprint density at radius 3 is 1.88 bits per heavy atom. The fraction of sp³-hybridized carbons (Fsp3) is 0.500. The summed E-state index contributed by atoms with van der Waals surface area (Å²) in [4.78, 5) is 42.1. The molecule has 1 atom stereocenters. The average Bonchev–Trinajstić information content (AvgIpc) is 1.98. The lowest BCUT2D eigenvalue weighted by atomic mass is 9.96. The topological polar surface area (TPSA) is 138 Å². The molecule has 0 saturated heterocycles. The van der Waals surface area contributed by atoms with Crippen LogP contribution in [0.15, 0.2) is 0 Å². The molecule has 1 unspecified atom stereocenters. The summed E-state index contributed by atoms with van der Waals surface area (Å²) >= 11 is 0. The Balaban J connectivity index is 0. The van der Waals surface area contributed by atoms with Crippen molar-refractivity contribution in [1.82, 2.24) is 0 Å². The molecule has 0 aliphatic carbocycles. The zero-order valence-electron chi connectivity index (χ0n) is 8.71. The van der Waals surface area contributed by atoms with Gasteiger partial charge in [0.15, 0.2) is 5.60 Å². The second-order valence-corrected chi connectivity index (χ2v) is 3.05. The molecule has 3 N–H and O–H groups in total. The molecule has 0 spiro atoms. The number of carboxylic acid groups (broad SMARTS) is 2. The van der Waals surface area contributed by atoms with Crippen LogP contribution < -0.4 is 0 Å². The van der Waals surface area contributed by atoms with Gasteiger partial charge in [0.05, 0.1) is 12.8 Å². The van der Waals surface area contributed by atoms with E-state index < -0.39 is 42.3 Å². The van der Waals surface area contributed by atoms with Gasteiger partial charge in [-0.05, 0) is 0 Å². The minimum absolute atomic E-state index is 0. The average molecular weight is 271 g/mol. The van der Waals surface area contributed by atoms with Gasteiger partial charge in [0.1, 0.15) is 0 Å². The molecular formula is C8H11ClO8. The minimum atomic E-state index is -2.78. The van der Waals surface area contributed by atoms with Gasteiger partial charge in [0.25, 0.3) is 0 Å². The molecular weight excluding hydrogens is 260 g/mol.